The minimum absolute atomic E-state index is 0.194. The molecule has 0 aromatic rings. The van der Waals surface area contributed by atoms with E-state index < -0.39 is 0 Å². The van der Waals surface area contributed by atoms with Crippen LogP contribution in [0.4, 0.5) is 0 Å². The van der Waals surface area contributed by atoms with Crippen LogP contribution in [0.3, 0.4) is 0 Å². The molecule has 1 aliphatic carbocycles. The van der Waals surface area contributed by atoms with Crippen LogP contribution in [-0.4, -0.2) is 11.7 Å². The summed E-state index contributed by atoms with van der Waals surface area (Å²) >= 11 is 0. The van der Waals surface area contributed by atoms with Crippen molar-refractivity contribution in [2.45, 2.75) is 40.5 Å². The standard InChI is InChI=1S/C13H22O/c1-10(9-14)5-6-12-7-11(2)8-13(12,3)4/h5,8,12,14H,6-7,9H2,1-4H3/b10-5+. The Balaban J connectivity index is 2.57. The Labute approximate surface area is 87.5 Å². The van der Waals surface area contributed by atoms with E-state index in [1.165, 1.54) is 12.0 Å². The van der Waals surface area contributed by atoms with Gasteiger partial charge in [0.2, 0.25) is 0 Å². The largest absolute Gasteiger partial charge is 0.392 e. The minimum Gasteiger partial charge on any atom is -0.392 e. The number of aliphatic hydroxyl groups is 1. The molecule has 0 aliphatic heterocycles. The van der Waals surface area contributed by atoms with E-state index in [2.05, 4.69) is 32.9 Å². The molecule has 0 heterocycles. The molecular formula is C13H22O. The van der Waals surface area contributed by atoms with Gasteiger partial charge in [-0.1, -0.05) is 37.1 Å². The molecule has 1 N–H and O–H groups in total. The molecule has 0 aromatic heterocycles. The second-order valence-corrected chi connectivity index (χ2v) is 5.16. The first-order valence-electron chi connectivity index (χ1n) is 5.40. The highest BCUT2D eigenvalue weighted by molar-refractivity contribution is 5.17. The molecule has 1 aliphatic rings. The first-order valence-corrected chi connectivity index (χ1v) is 5.40. The lowest BCUT2D eigenvalue weighted by Crippen LogP contribution is -2.16. The molecule has 0 spiro atoms. The Morgan fingerprint density at radius 2 is 2.29 bits per heavy atom. The number of allylic oxidation sites excluding steroid dienone is 3. The highest BCUT2D eigenvalue weighted by atomic mass is 16.3. The SMILES string of the molecule is CC1=CC(C)(C)C(C/C=C(\C)CO)C1. The zero-order valence-electron chi connectivity index (χ0n) is 9.80. The highest BCUT2D eigenvalue weighted by Gasteiger charge is 2.31. The van der Waals surface area contributed by atoms with Crippen LogP contribution in [0.2, 0.25) is 0 Å². The molecule has 0 fully saturated rings. The fourth-order valence-electron chi connectivity index (χ4n) is 2.26. The fraction of sp³-hybridized carbons (Fsp3) is 0.692. The van der Waals surface area contributed by atoms with E-state index in [1.807, 2.05) is 6.92 Å². The van der Waals surface area contributed by atoms with Gasteiger partial charge in [-0.25, -0.2) is 0 Å². The lowest BCUT2D eigenvalue weighted by Gasteiger charge is -2.25. The van der Waals surface area contributed by atoms with Gasteiger partial charge in [0.15, 0.2) is 0 Å². The molecule has 1 unspecified atom stereocenters. The number of hydrogen-bond acceptors (Lipinski definition) is 1. The third-order valence-electron chi connectivity index (χ3n) is 3.24. The maximum absolute atomic E-state index is 8.91. The summed E-state index contributed by atoms with van der Waals surface area (Å²) in [6.07, 6.45) is 6.87. The molecule has 1 nitrogen and oxygen atoms in total. The van der Waals surface area contributed by atoms with Gasteiger partial charge in [-0.2, -0.15) is 0 Å². The van der Waals surface area contributed by atoms with Crippen LogP contribution in [0.15, 0.2) is 23.3 Å². The van der Waals surface area contributed by atoms with Gasteiger partial charge in [0.05, 0.1) is 6.61 Å². The molecule has 0 saturated heterocycles. The number of rotatable bonds is 3. The number of hydrogen-bond donors (Lipinski definition) is 1. The molecule has 0 radical (unpaired) electrons. The summed E-state index contributed by atoms with van der Waals surface area (Å²) in [7, 11) is 0. The van der Waals surface area contributed by atoms with E-state index in [9.17, 15) is 0 Å². The van der Waals surface area contributed by atoms with Crippen LogP contribution in [0.25, 0.3) is 0 Å². The van der Waals surface area contributed by atoms with Gasteiger partial charge in [-0.05, 0) is 38.0 Å². The van der Waals surface area contributed by atoms with Gasteiger partial charge in [-0.15, -0.1) is 0 Å². The average molecular weight is 194 g/mol. The maximum Gasteiger partial charge on any atom is 0.0639 e. The molecule has 0 aromatic carbocycles. The molecule has 0 amide bonds. The van der Waals surface area contributed by atoms with Gasteiger partial charge in [-0.3, -0.25) is 0 Å². The second-order valence-electron chi connectivity index (χ2n) is 5.16. The Kier molecular flexibility index (Phi) is 3.54. The average Bonchev–Trinajstić information content (AvgIpc) is 2.35. The predicted molar refractivity (Wildman–Crippen MR) is 61.1 cm³/mol. The fourth-order valence-corrected chi connectivity index (χ4v) is 2.26. The highest BCUT2D eigenvalue weighted by Crippen LogP contribution is 2.42. The summed E-state index contributed by atoms with van der Waals surface area (Å²) in [5.74, 6) is 0.712. The summed E-state index contributed by atoms with van der Waals surface area (Å²) in [6, 6.07) is 0. The van der Waals surface area contributed by atoms with Crippen LogP contribution in [0.5, 0.6) is 0 Å². The van der Waals surface area contributed by atoms with Crippen molar-refractivity contribution in [3.63, 3.8) is 0 Å². The lowest BCUT2D eigenvalue weighted by molar-refractivity contribution is 0.305. The molecule has 0 saturated carbocycles. The molecule has 14 heavy (non-hydrogen) atoms. The van der Waals surface area contributed by atoms with Crippen LogP contribution >= 0.6 is 0 Å². The van der Waals surface area contributed by atoms with E-state index in [0.717, 1.165) is 12.0 Å². The molecule has 0 bridgehead atoms. The van der Waals surface area contributed by atoms with Gasteiger partial charge in [0.25, 0.3) is 0 Å². The normalized spacial score (nSPS) is 26.5. The van der Waals surface area contributed by atoms with E-state index in [-0.39, 0.29) is 6.61 Å². The van der Waals surface area contributed by atoms with Crippen molar-refractivity contribution >= 4 is 0 Å². The first-order chi connectivity index (χ1) is 6.45. The van der Waals surface area contributed by atoms with Gasteiger partial charge >= 0.3 is 0 Å². The van der Waals surface area contributed by atoms with Crippen LogP contribution in [0.1, 0.15) is 40.5 Å². The molecule has 1 atom stereocenters. The number of aliphatic hydroxyl groups excluding tert-OH is 1. The third-order valence-corrected chi connectivity index (χ3v) is 3.24. The first kappa shape index (κ1) is 11.5. The van der Waals surface area contributed by atoms with E-state index in [4.69, 9.17) is 5.11 Å². The third kappa shape index (κ3) is 2.71. The smallest absolute Gasteiger partial charge is 0.0639 e. The summed E-state index contributed by atoms with van der Waals surface area (Å²) in [5.41, 5.74) is 2.93. The van der Waals surface area contributed by atoms with E-state index in [0.29, 0.717) is 11.3 Å². The van der Waals surface area contributed by atoms with Gasteiger partial charge in [0, 0.05) is 0 Å². The van der Waals surface area contributed by atoms with Gasteiger partial charge < -0.3 is 5.11 Å². The molecule has 80 valence electrons. The van der Waals surface area contributed by atoms with Crippen molar-refractivity contribution in [1.29, 1.82) is 0 Å². The van der Waals surface area contributed by atoms with Crippen LogP contribution in [0, 0.1) is 11.3 Å². The Morgan fingerprint density at radius 1 is 1.64 bits per heavy atom. The van der Waals surface area contributed by atoms with E-state index >= 15 is 0 Å². The van der Waals surface area contributed by atoms with Crippen molar-refractivity contribution in [3.05, 3.63) is 23.3 Å². The van der Waals surface area contributed by atoms with Gasteiger partial charge in [0.1, 0.15) is 0 Å². The summed E-state index contributed by atoms with van der Waals surface area (Å²) in [5, 5.41) is 8.91. The zero-order chi connectivity index (χ0) is 10.8. The summed E-state index contributed by atoms with van der Waals surface area (Å²) in [4.78, 5) is 0. The quantitative estimate of drug-likeness (QED) is 0.683. The second kappa shape index (κ2) is 4.31. The van der Waals surface area contributed by atoms with Crippen molar-refractivity contribution in [1.82, 2.24) is 0 Å². The molecule has 1 heteroatoms. The van der Waals surface area contributed by atoms with E-state index in [1.54, 1.807) is 0 Å². The Morgan fingerprint density at radius 3 is 2.71 bits per heavy atom. The van der Waals surface area contributed by atoms with Crippen molar-refractivity contribution in [3.8, 4) is 0 Å². The maximum atomic E-state index is 8.91. The van der Waals surface area contributed by atoms with Crippen molar-refractivity contribution < 1.29 is 5.11 Å². The van der Waals surface area contributed by atoms with Crippen LogP contribution in [-0.2, 0) is 0 Å². The lowest BCUT2D eigenvalue weighted by atomic mass is 9.80. The summed E-state index contributed by atoms with van der Waals surface area (Å²) in [6.45, 7) is 9.00. The topological polar surface area (TPSA) is 20.2 Å². The Bertz CT molecular complexity index is 258. The monoisotopic (exact) mass is 194 g/mol. The minimum atomic E-state index is 0.194. The van der Waals surface area contributed by atoms with Crippen molar-refractivity contribution in [2.75, 3.05) is 6.61 Å². The molecular weight excluding hydrogens is 172 g/mol. The Hall–Kier alpha value is -0.560. The molecule has 1 rings (SSSR count). The zero-order valence-corrected chi connectivity index (χ0v) is 9.80. The van der Waals surface area contributed by atoms with Crippen molar-refractivity contribution in [2.24, 2.45) is 11.3 Å². The predicted octanol–water partition coefficient (Wildman–Crippen LogP) is 3.31. The summed E-state index contributed by atoms with van der Waals surface area (Å²) < 4.78 is 0. The van der Waals surface area contributed by atoms with Crippen LogP contribution < -0.4 is 0 Å².